The van der Waals surface area contributed by atoms with Gasteiger partial charge in [0.2, 0.25) is 0 Å². The molecule has 0 aliphatic carbocycles. The molecule has 18 valence electrons. The average Bonchev–Trinajstić information content (AvgIpc) is 0. The minimum atomic E-state index is 0. The van der Waals surface area contributed by atoms with Crippen LogP contribution in [-0.2, 0) is 55.3 Å². The van der Waals surface area contributed by atoms with Gasteiger partial charge in [0.25, 0.3) is 0 Å². The Bertz CT molecular complexity index is 4.00. The molecule has 0 heterocycles. The molecular formula is Hg2I2. The fraction of sp³-hybridized carbons (Fsp3) is 0. The Kier molecular flexibility index (Phi) is 107. The first-order valence-corrected chi connectivity index (χ1v) is 0. The molecule has 0 unspecified atom stereocenters. The summed E-state index contributed by atoms with van der Waals surface area (Å²) in [5.41, 5.74) is 0. The van der Waals surface area contributed by atoms with E-state index < -0.39 is 0 Å². The molecular weight excluding hydrogens is 655 g/mol. The SMILES string of the molecule is [Hg+].[Hg+].[I-].[I-]. The van der Waals surface area contributed by atoms with E-state index in [1.165, 1.54) is 0 Å². The van der Waals surface area contributed by atoms with Gasteiger partial charge in [-0.05, 0) is 0 Å². The Morgan fingerprint density at radius 3 is 0.500 bits per heavy atom. The standard InChI is InChI=1S/2Hg.2HI/h;;2*1H/q2*+1;;/p-2. The van der Waals surface area contributed by atoms with Crippen LogP contribution in [0.2, 0.25) is 0 Å². The van der Waals surface area contributed by atoms with Gasteiger partial charge >= 0.3 is 55.3 Å². The van der Waals surface area contributed by atoms with E-state index >= 15 is 0 Å². The first-order chi connectivity index (χ1) is 0. The number of hydrogen-bond donors (Lipinski definition) is 0. The van der Waals surface area contributed by atoms with Crippen molar-refractivity contribution < 1.29 is 103 Å². The van der Waals surface area contributed by atoms with Crippen molar-refractivity contribution in [3.8, 4) is 0 Å². The number of halogens is 2. The molecule has 0 atom stereocenters. The zero-order valence-corrected chi connectivity index (χ0v) is 17.5. The Balaban J connectivity index is 0. The molecule has 0 aromatic heterocycles. The molecule has 0 fully saturated rings. The maximum Gasteiger partial charge on any atom is 1.00 e. The van der Waals surface area contributed by atoms with Gasteiger partial charge in [-0.2, -0.15) is 0 Å². The fourth-order valence-corrected chi connectivity index (χ4v) is 0. The van der Waals surface area contributed by atoms with Crippen LogP contribution in [0.3, 0.4) is 0 Å². The van der Waals surface area contributed by atoms with Crippen molar-refractivity contribution in [2.75, 3.05) is 0 Å². The molecule has 4 heavy (non-hydrogen) atoms. The number of hydrogen-bond acceptors (Lipinski definition) is 0. The van der Waals surface area contributed by atoms with Crippen molar-refractivity contribution in [3.05, 3.63) is 0 Å². The van der Waals surface area contributed by atoms with Crippen molar-refractivity contribution in [1.82, 2.24) is 0 Å². The summed E-state index contributed by atoms with van der Waals surface area (Å²) in [5.74, 6) is 0. The molecule has 0 saturated heterocycles. The van der Waals surface area contributed by atoms with Gasteiger partial charge in [-0.15, -0.1) is 0 Å². The summed E-state index contributed by atoms with van der Waals surface area (Å²) in [6.07, 6.45) is 0. The summed E-state index contributed by atoms with van der Waals surface area (Å²) in [6.45, 7) is 0. The first-order valence-electron chi connectivity index (χ1n) is 0. The Morgan fingerprint density at radius 1 is 0.500 bits per heavy atom. The van der Waals surface area contributed by atoms with Crippen LogP contribution in [0.1, 0.15) is 0 Å². The van der Waals surface area contributed by atoms with Gasteiger partial charge in [-0.25, -0.2) is 0 Å². The van der Waals surface area contributed by atoms with Crippen LogP contribution in [0, 0.1) is 0 Å². The van der Waals surface area contributed by atoms with Crippen LogP contribution >= 0.6 is 0 Å². The molecule has 0 aliphatic rings. The van der Waals surface area contributed by atoms with Gasteiger partial charge in [0.1, 0.15) is 0 Å². The van der Waals surface area contributed by atoms with E-state index in [2.05, 4.69) is 0 Å². The van der Waals surface area contributed by atoms with Gasteiger partial charge < -0.3 is 48.0 Å². The van der Waals surface area contributed by atoms with Crippen molar-refractivity contribution in [1.29, 1.82) is 0 Å². The van der Waals surface area contributed by atoms with Crippen LogP contribution in [-0.4, -0.2) is 0 Å². The Labute approximate surface area is 101 Å². The second-order valence-corrected chi connectivity index (χ2v) is 0. The third-order valence-corrected chi connectivity index (χ3v) is 0. The minimum Gasteiger partial charge on any atom is -1.00 e. The second kappa shape index (κ2) is 16.2. The average molecular weight is 655 g/mol. The Morgan fingerprint density at radius 2 is 0.500 bits per heavy atom. The van der Waals surface area contributed by atoms with E-state index in [0.29, 0.717) is 0 Å². The summed E-state index contributed by atoms with van der Waals surface area (Å²) in [4.78, 5) is 0. The molecule has 0 spiro atoms. The van der Waals surface area contributed by atoms with Crippen LogP contribution in [0.4, 0.5) is 0 Å². The van der Waals surface area contributed by atoms with Crippen LogP contribution in [0.15, 0.2) is 0 Å². The molecule has 0 aliphatic heterocycles. The third kappa shape index (κ3) is 9.01. The van der Waals surface area contributed by atoms with Gasteiger partial charge in [0, 0.05) is 0 Å². The molecule has 0 aromatic rings. The van der Waals surface area contributed by atoms with Gasteiger partial charge in [0.15, 0.2) is 0 Å². The zero-order valence-electron chi connectivity index (χ0n) is 2.17. The largest absolute Gasteiger partial charge is 1.00 e. The topological polar surface area (TPSA) is 0 Å². The van der Waals surface area contributed by atoms with Gasteiger partial charge in [-0.3, -0.25) is 0 Å². The van der Waals surface area contributed by atoms with Crippen LogP contribution < -0.4 is 48.0 Å². The third-order valence-electron chi connectivity index (χ3n) is 0. The monoisotopic (exact) mass is 658 g/mol. The predicted molar refractivity (Wildman–Crippen MR) is 0 cm³/mol. The fourth-order valence-electron chi connectivity index (χ4n) is 0. The predicted octanol–water partition coefficient (Wildman–Crippen LogP) is -6.00. The molecule has 0 amide bonds. The van der Waals surface area contributed by atoms with E-state index in [0.717, 1.165) is 0 Å². The van der Waals surface area contributed by atoms with Crippen molar-refractivity contribution in [3.63, 3.8) is 0 Å². The smallest absolute Gasteiger partial charge is 1.00 e. The second-order valence-electron chi connectivity index (χ2n) is 0. The molecule has 0 N–H and O–H groups in total. The number of rotatable bonds is 0. The van der Waals surface area contributed by atoms with Crippen molar-refractivity contribution in [2.45, 2.75) is 0 Å². The maximum atomic E-state index is 0. The maximum absolute atomic E-state index is 0. The molecule has 0 bridgehead atoms. The summed E-state index contributed by atoms with van der Waals surface area (Å²) in [6, 6.07) is 0. The van der Waals surface area contributed by atoms with Crippen molar-refractivity contribution >= 4 is 0 Å². The summed E-state index contributed by atoms with van der Waals surface area (Å²) >= 11 is 0. The molecule has 0 nitrogen and oxygen atoms in total. The molecule has 0 aromatic carbocycles. The molecule has 4 heteroatoms. The van der Waals surface area contributed by atoms with Gasteiger partial charge in [0.05, 0.1) is 0 Å². The molecule has 0 rings (SSSR count). The van der Waals surface area contributed by atoms with Crippen LogP contribution in [0.25, 0.3) is 0 Å². The quantitative estimate of drug-likeness (QED) is 0.181. The minimum absolute atomic E-state index is 0. The zero-order chi connectivity index (χ0) is 0. The molecule has 2 radical (unpaired) electrons. The van der Waals surface area contributed by atoms with E-state index in [-0.39, 0.29) is 103 Å². The molecule has 0 saturated carbocycles. The normalized spacial score (nSPS) is 0. The first kappa shape index (κ1) is 26.5. The Hall–Kier alpha value is 3.33. The van der Waals surface area contributed by atoms with E-state index in [1.807, 2.05) is 0 Å². The van der Waals surface area contributed by atoms with E-state index in [1.54, 1.807) is 0 Å². The van der Waals surface area contributed by atoms with Gasteiger partial charge in [-0.1, -0.05) is 0 Å². The van der Waals surface area contributed by atoms with E-state index in [9.17, 15) is 0 Å². The van der Waals surface area contributed by atoms with Crippen LogP contribution in [0.5, 0.6) is 0 Å². The summed E-state index contributed by atoms with van der Waals surface area (Å²) in [7, 11) is 0. The van der Waals surface area contributed by atoms with Crippen molar-refractivity contribution in [2.24, 2.45) is 0 Å². The van der Waals surface area contributed by atoms with E-state index in [4.69, 9.17) is 0 Å². The summed E-state index contributed by atoms with van der Waals surface area (Å²) < 4.78 is 0. The summed E-state index contributed by atoms with van der Waals surface area (Å²) in [5, 5.41) is 0.